The quantitative estimate of drug-likeness (QED) is 0.165. The first-order valence-corrected chi connectivity index (χ1v) is 16.4. The van der Waals surface area contributed by atoms with Crippen molar-refractivity contribution in [2.45, 2.75) is 66.3 Å². The minimum absolute atomic E-state index is 0.219. The number of ether oxygens (including phenoxy) is 1. The molecular formula is C37H43ClFN5O2. The Morgan fingerprint density at radius 1 is 1.09 bits per heavy atom. The molecule has 0 spiro atoms. The summed E-state index contributed by atoms with van der Waals surface area (Å²) in [4.78, 5) is 18.9. The SMILES string of the molecule is CCCC1CCN(C(C)C)CC1.Cc1cc2cc(C(=O)c3cnn(-c4ccc(Oc5cccc(F)c5)c(C)c4)c3N)[nH]c2cc1Cl. The number of nitrogens with zero attached hydrogens (tertiary/aromatic N) is 3. The van der Waals surface area contributed by atoms with Crippen molar-refractivity contribution in [3.8, 4) is 17.2 Å². The number of rotatable bonds is 8. The minimum Gasteiger partial charge on any atom is -0.457 e. The number of benzene rings is 3. The summed E-state index contributed by atoms with van der Waals surface area (Å²) in [6, 6.07) is 17.5. The smallest absolute Gasteiger partial charge is 0.214 e. The molecule has 46 heavy (non-hydrogen) atoms. The van der Waals surface area contributed by atoms with E-state index in [1.165, 1.54) is 61.8 Å². The first-order chi connectivity index (χ1) is 22.0. The Labute approximate surface area is 275 Å². The van der Waals surface area contributed by atoms with E-state index in [-0.39, 0.29) is 23.0 Å². The maximum atomic E-state index is 13.4. The van der Waals surface area contributed by atoms with Crippen molar-refractivity contribution in [2.75, 3.05) is 18.8 Å². The van der Waals surface area contributed by atoms with Gasteiger partial charge in [0.25, 0.3) is 0 Å². The van der Waals surface area contributed by atoms with E-state index in [2.05, 4.69) is 35.8 Å². The van der Waals surface area contributed by atoms with Gasteiger partial charge >= 0.3 is 0 Å². The molecule has 242 valence electrons. The summed E-state index contributed by atoms with van der Waals surface area (Å²) in [5.74, 6) is 1.58. The highest BCUT2D eigenvalue weighted by molar-refractivity contribution is 6.32. The average Bonchev–Trinajstić information content (AvgIpc) is 3.62. The molecule has 0 unspecified atom stereocenters. The molecule has 2 aromatic heterocycles. The van der Waals surface area contributed by atoms with Crippen molar-refractivity contribution < 1.29 is 13.9 Å². The van der Waals surface area contributed by atoms with Gasteiger partial charge < -0.3 is 20.4 Å². The molecule has 0 amide bonds. The first kappa shape index (κ1) is 33.2. The highest BCUT2D eigenvalue weighted by Gasteiger charge is 2.21. The maximum absolute atomic E-state index is 13.4. The predicted octanol–water partition coefficient (Wildman–Crippen LogP) is 9.28. The van der Waals surface area contributed by atoms with E-state index in [1.54, 1.807) is 36.4 Å². The predicted molar refractivity (Wildman–Crippen MR) is 185 cm³/mol. The third-order valence-electron chi connectivity index (χ3n) is 8.70. The second kappa shape index (κ2) is 14.5. The first-order valence-electron chi connectivity index (χ1n) is 16.0. The molecule has 3 aromatic carbocycles. The zero-order chi connectivity index (χ0) is 33.0. The van der Waals surface area contributed by atoms with Gasteiger partial charge in [0.05, 0.1) is 23.1 Å². The molecule has 1 fully saturated rings. The lowest BCUT2D eigenvalue weighted by atomic mass is 9.92. The molecule has 0 aliphatic carbocycles. The van der Waals surface area contributed by atoms with Gasteiger partial charge in [0, 0.05) is 28.0 Å². The lowest BCUT2D eigenvalue weighted by Crippen LogP contribution is -2.38. The number of carbonyl (C=O) groups excluding carboxylic acids is 1. The number of hydrogen-bond donors (Lipinski definition) is 2. The van der Waals surface area contributed by atoms with Crippen molar-refractivity contribution in [1.82, 2.24) is 19.7 Å². The molecule has 5 aromatic rings. The van der Waals surface area contributed by atoms with Crippen molar-refractivity contribution in [1.29, 1.82) is 0 Å². The molecule has 6 rings (SSSR count). The van der Waals surface area contributed by atoms with E-state index in [1.807, 2.05) is 26.0 Å². The second-order valence-electron chi connectivity index (χ2n) is 12.4. The van der Waals surface area contributed by atoms with E-state index >= 15 is 0 Å². The lowest BCUT2D eigenvalue weighted by molar-refractivity contribution is 0.103. The van der Waals surface area contributed by atoms with Crippen molar-refractivity contribution in [3.63, 3.8) is 0 Å². The highest BCUT2D eigenvalue weighted by atomic mass is 35.5. The van der Waals surface area contributed by atoms with Crippen LogP contribution in [0.5, 0.6) is 11.5 Å². The number of aromatic nitrogens is 3. The van der Waals surface area contributed by atoms with Crippen LogP contribution < -0.4 is 10.5 Å². The second-order valence-corrected chi connectivity index (χ2v) is 12.8. The molecule has 1 aliphatic rings. The molecular weight excluding hydrogens is 601 g/mol. The summed E-state index contributed by atoms with van der Waals surface area (Å²) in [5, 5.41) is 5.84. The molecule has 3 N–H and O–H groups in total. The molecule has 9 heteroatoms. The van der Waals surface area contributed by atoms with Crippen LogP contribution in [0.1, 0.15) is 73.6 Å². The molecule has 0 bridgehead atoms. The van der Waals surface area contributed by atoms with Crippen molar-refractivity contribution in [2.24, 2.45) is 5.92 Å². The van der Waals surface area contributed by atoms with Crippen molar-refractivity contribution >= 4 is 34.1 Å². The highest BCUT2D eigenvalue weighted by Crippen LogP contribution is 2.30. The number of halogens is 2. The topological polar surface area (TPSA) is 89.2 Å². The van der Waals surface area contributed by atoms with E-state index in [9.17, 15) is 9.18 Å². The number of anilines is 1. The zero-order valence-electron chi connectivity index (χ0n) is 27.2. The number of nitrogens with one attached hydrogen (secondary N) is 1. The normalized spacial score (nSPS) is 14.0. The maximum Gasteiger partial charge on any atom is 0.214 e. The van der Waals surface area contributed by atoms with Crippen LogP contribution in [0.2, 0.25) is 5.02 Å². The van der Waals surface area contributed by atoms with E-state index in [0.29, 0.717) is 27.9 Å². The Balaban J connectivity index is 0.000000293. The zero-order valence-corrected chi connectivity index (χ0v) is 28.0. The van der Waals surface area contributed by atoms with Gasteiger partial charge in [0.15, 0.2) is 0 Å². The number of likely N-dealkylation sites (tertiary alicyclic amines) is 1. The Hall–Kier alpha value is -4.14. The summed E-state index contributed by atoms with van der Waals surface area (Å²) in [5.41, 5.74) is 10.2. The van der Waals surface area contributed by atoms with E-state index in [4.69, 9.17) is 22.1 Å². The Bertz CT molecular complexity index is 1780. The van der Waals surface area contributed by atoms with E-state index < -0.39 is 0 Å². The molecule has 1 saturated heterocycles. The number of nitrogens with two attached hydrogens (primary N) is 1. The Morgan fingerprint density at radius 2 is 1.85 bits per heavy atom. The summed E-state index contributed by atoms with van der Waals surface area (Å²) in [6.45, 7) is 13.4. The average molecular weight is 644 g/mol. The number of H-pyrrole nitrogens is 1. The van der Waals surface area contributed by atoms with Gasteiger partial charge in [0.1, 0.15) is 23.1 Å². The number of carbonyl (C=O) groups is 1. The van der Waals surface area contributed by atoms with Gasteiger partial charge in [-0.15, -0.1) is 0 Å². The number of aromatic amines is 1. The van der Waals surface area contributed by atoms with Crippen LogP contribution in [-0.4, -0.2) is 44.6 Å². The van der Waals surface area contributed by atoms with Gasteiger partial charge in [-0.25, -0.2) is 9.07 Å². The molecule has 0 atom stereocenters. The molecule has 0 saturated carbocycles. The lowest BCUT2D eigenvalue weighted by Gasteiger charge is -2.34. The number of nitrogen functional groups attached to an aromatic ring is 1. The fraction of sp³-hybridized carbons (Fsp3) is 0.351. The number of hydrogen-bond acceptors (Lipinski definition) is 5. The summed E-state index contributed by atoms with van der Waals surface area (Å²) in [7, 11) is 0. The Morgan fingerprint density at radius 3 is 2.52 bits per heavy atom. The largest absolute Gasteiger partial charge is 0.457 e. The standard InChI is InChI=1S/C26H20ClFN4O2.C11H23N/c1-14-8-16-10-23(31-22(16)12-21(14)27)25(33)20-13-30-32(26(20)29)18-6-7-24(15(2)9-18)34-19-5-3-4-17(28)11-19;1-4-5-11-6-8-12(9-7-11)10(2)3/h3-13,31H,29H2,1-2H3;10-11H,4-9H2,1-3H3. The van der Waals surface area contributed by atoms with Gasteiger partial charge in [0.2, 0.25) is 5.78 Å². The van der Waals surface area contributed by atoms with Crippen LogP contribution in [0.4, 0.5) is 10.2 Å². The van der Waals surface area contributed by atoms with Crippen molar-refractivity contribution in [3.05, 3.63) is 100 Å². The van der Waals surface area contributed by atoms with Crippen LogP contribution in [0.15, 0.2) is 66.9 Å². The fourth-order valence-electron chi connectivity index (χ4n) is 5.98. The summed E-state index contributed by atoms with van der Waals surface area (Å²) < 4.78 is 20.7. The van der Waals surface area contributed by atoms with Crippen LogP contribution >= 0.6 is 11.6 Å². The Kier molecular flexibility index (Phi) is 10.5. The van der Waals surface area contributed by atoms with Gasteiger partial charge in [-0.05, 0) is 119 Å². The van der Waals surface area contributed by atoms with Gasteiger partial charge in [-0.1, -0.05) is 37.4 Å². The van der Waals surface area contributed by atoms with Gasteiger partial charge in [-0.2, -0.15) is 5.10 Å². The molecule has 1 aliphatic heterocycles. The van der Waals surface area contributed by atoms with Crippen LogP contribution in [-0.2, 0) is 0 Å². The fourth-order valence-corrected chi connectivity index (χ4v) is 6.14. The van der Waals surface area contributed by atoms with Gasteiger partial charge in [-0.3, -0.25) is 4.79 Å². The molecule has 0 radical (unpaired) electrons. The molecule has 7 nitrogen and oxygen atoms in total. The van der Waals surface area contributed by atoms with E-state index in [0.717, 1.165) is 34.0 Å². The van der Waals surface area contributed by atoms with Crippen LogP contribution in [0.25, 0.3) is 16.6 Å². The van der Waals surface area contributed by atoms with Crippen LogP contribution in [0, 0.1) is 25.6 Å². The number of piperidine rings is 1. The monoisotopic (exact) mass is 643 g/mol. The summed E-state index contributed by atoms with van der Waals surface area (Å²) >= 11 is 6.20. The summed E-state index contributed by atoms with van der Waals surface area (Å²) in [6.07, 6.45) is 7.14. The third kappa shape index (κ3) is 7.62. The van der Waals surface area contributed by atoms with Crippen LogP contribution in [0.3, 0.4) is 0 Å². The molecule has 3 heterocycles. The number of aryl methyl sites for hydroxylation is 2. The number of ketones is 1. The number of fused-ring (bicyclic) bond motifs is 1. The third-order valence-corrected chi connectivity index (χ3v) is 9.11. The minimum atomic E-state index is -0.374.